The lowest BCUT2D eigenvalue weighted by atomic mass is 10.1. The number of rotatable bonds is 2. The Balaban J connectivity index is 1.58. The fourth-order valence-corrected chi connectivity index (χ4v) is 3.35. The molecule has 1 aromatic rings. The van der Waals surface area contributed by atoms with Crippen LogP contribution in [0.15, 0.2) is 12.3 Å². The summed E-state index contributed by atoms with van der Waals surface area (Å²) in [6.07, 6.45) is 4.57. The molecule has 0 radical (unpaired) electrons. The Bertz CT molecular complexity index is 479. The number of carbonyl (C=O) groups excluding carboxylic acids is 1. The minimum Gasteiger partial charge on any atom is -0.391 e. The van der Waals surface area contributed by atoms with Crippen molar-refractivity contribution < 1.29 is 9.90 Å². The number of amides is 1. The number of carbonyl (C=O) groups is 1. The van der Waals surface area contributed by atoms with Gasteiger partial charge in [-0.15, -0.1) is 0 Å². The Kier molecular flexibility index (Phi) is 3.76. The Labute approximate surface area is 119 Å². The van der Waals surface area contributed by atoms with Crippen molar-refractivity contribution in [1.29, 1.82) is 0 Å². The van der Waals surface area contributed by atoms with E-state index in [0.29, 0.717) is 11.7 Å². The molecule has 1 aromatic heterocycles. The Morgan fingerprint density at radius 1 is 1.30 bits per heavy atom. The highest BCUT2D eigenvalue weighted by molar-refractivity contribution is 5.92. The Morgan fingerprint density at radius 3 is 2.60 bits per heavy atom. The molecule has 3 rings (SSSR count). The first-order valence-electron chi connectivity index (χ1n) is 7.36. The standard InChI is InChI=1S/C14H22N4O2/c1-16-12(5-6-15-16)14(20)18-9-7-17(8-10-18)11-3-2-4-13(11)19/h5-6,11,13,19H,2-4,7-10H2,1H3. The topological polar surface area (TPSA) is 61.6 Å². The van der Waals surface area contributed by atoms with Crippen molar-refractivity contribution in [2.75, 3.05) is 26.2 Å². The van der Waals surface area contributed by atoms with Crippen LogP contribution in [0.3, 0.4) is 0 Å². The van der Waals surface area contributed by atoms with Gasteiger partial charge in [0.15, 0.2) is 0 Å². The lowest BCUT2D eigenvalue weighted by molar-refractivity contribution is 0.0311. The molecule has 6 nitrogen and oxygen atoms in total. The van der Waals surface area contributed by atoms with Crippen molar-refractivity contribution in [2.24, 2.45) is 7.05 Å². The Morgan fingerprint density at radius 2 is 2.05 bits per heavy atom. The molecule has 20 heavy (non-hydrogen) atoms. The number of hydrogen-bond donors (Lipinski definition) is 1. The summed E-state index contributed by atoms with van der Waals surface area (Å²) in [5.41, 5.74) is 0.638. The van der Waals surface area contributed by atoms with Gasteiger partial charge < -0.3 is 10.0 Å². The molecule has 2 heterocycles. The first-order chi connectivity index (χ1) is 9.66. The zero-order valence-electron chi connectivity index (χ0n) is 11.9. The predicted octanol–water partition coefficient (Wildman–Crippen LogP) is 0.0913. The van der Waals surface area contributed by atoms with Gasteiger partial charge in [-0.25, -0.2) is 0 Å². The number of hydrogen-bond acceptors (Lipinski definition) is 4. The maximum Gasteiger partial charge on any atom is 0.272 e. The van der Waals surface area contributed by atoms with Crippen molar-refractivity contribution in [3.8, 4) is 0 Å². The number of aliphatic hydroxyl groups is 1. The van der Waals surface area contributed by atoms with Crippen LogP contribution in [0.4, 0.5) is 0 Å². The lowest BCUT2D eigenvalue weighted by Crippen LogP contribution is -2.53. The highest BCUT2D eigenvalue weighted by atomic mass is 16.3. The van der Waals surface area contributed by atoms with Gasteiger partial charge in [-0.05, 0) is 25.3 Å². The molecular weight excluding hydrogens is 256 g/mol. The van der Waals surface area contributed by atoms with Gasteiger partial charge in [0, 0.05) is 45.5 Å². The average Bonchev–Trinajstić information content (AvgIpc) is 3.07. The van der Waals surface area contributed by atoms with Crippen LogP contribution in [0.5, 0.6) is 0 Å². The molecule has 1 saturated heterocycles. The second kappa shape index (κ2) is 5.54. The second-order valence-electron chi connectivity index (χ2n) is 5.73. The van der Waals surface area contributed by atoms with Crippen molar-refractivity contribution in [1.82, 2.24) is 19.6 Å². The van der Waals surface area contributed by atoms with Gasteiger partial charge >= 0.3 is 0 Å². The fourth-order valence-electron chi connectivity index (χ4n) is 3.35. The van der Waals surface area contributed by atoms with Crippen LogP contribution in [0.1, 0.15) is 29.8 Å². The van der Waals surface area contributed by atoms with E-state index in [2.05, 4.69) is 10.00 Å². The van der Waals surface area contributed by atoms with E-state index in [1.165, 1.54) is 0 Å². The highest BCUT2D eigenvalue weighted by Gasteiger charge is 2.33. The van der Waals surface area contributed by atoms with Gasteiger partial charge in [0.1, 0.15) is 5.69 Å². The third kappa shape index (κ3) is 2.45. The largest absolute Gasteiger partial charge is 0.391 e. The molecule has 110 valence electrons. The van der Waals surface area contributed by atoms with Crippen LogP contribution in [0.2, 0.25) is 0 Å². The van der Waals surface area contributed by atoms with E-state index >= 15 is 0 Å². The second-order valence-corrected chi connectivity index (χ2v) is 5.73. The summed E-state index contributed by atoms with van der Waals surface area (Å²) in [5.74, 6) is 0.0524. The average molecular weight is 278 g/mol. The van der Waals surface area contributed by atoms with Gasteiger partial charge in [-0.3, -0.25) is 14.4 Å². The van der Waals surface area contributed by atoms with Crippen molar-refractivity contribution in [2.45, 2.75) is 31.4 Å². The molecule has 1 amide bonds. The quantitative estimate of drug-likeness (QED) is 0.833. The van der Waals surface area contributed by atoms with E-state index in [0.717, 1.165) is 45.4 Å². The summed E-state index contributed by atoms with van der Waals surface area (Å²) in [5, 5.41) is 14.0. The molecule has 1 saturated carbocycles. The van der Waals surface area contributed by atoms with Crippen molar-refractivity contribution in [3.05, 3.63) is 18.0 Å². The van der Waals surface area contributed by atoms with Crippen LogP contribution in [0, 0.1) is 0 Å². The van der Waals surface area contributed by atoms with Crippen molar-refractivity contribution in [3.63, 3.8) is 0 Å². The SMILES string of the molecule is Cn1nccc1C(=O)N1CCN(C2CCCC2O)CC1. The molecular formula is C14H22N4O2. The molecule has 1 aliphatic carbocycles. The van der Waals surface area contributed by atoms with E-state index in [4.69, 9.17) is 0 Å². The number of aliphatic hydroxyl groups excluding tert-OH is 1. The minimum atomic E-state index is -0.186. The summed E-state index contributed by atoms with van der Waals surface area (Å²) in [7, 11) is 1.79. The third-order valence-corrected chi connectivity index (χ3v) is 4.55. The van der Waals surface area contributed by atoms with Gasteiger partial charge in [0.25, 0.3) is 5.91 Å². The van der Waals surface area contributed by atoms with E-state index < -0.39 is 0 Å². The summed E-state index contributed by atoms with van der Waals surface area (Å²) < 4.78 is 1.62. The van der Waals surface area contributed by atoms with E-state index in [1.54, 1.807) is 24.0 Å². The van der Waals surface area contributed by atoms with Crippen LogP contribution < -0.4 is 0 Å². The number of nitrogens with zero attached hydrogens (tertiary/aromatic N) is 4. The normalized spacial score (nSPS) is 28.0. The molecule has 0 aromatic carbocycles. The van der Waals surface area contributed by atoms with Gasteiger partial charge in [-0.2, -0.15) is 5.10 Å². The first-order valence-corrected chi connectivity index (χ1v) is 7.36. The van der Waals surface area contributed by atoms with E-state index in [-0.39, 0.29) is 12.0 Å². The highest BCUT2D eigenvalue weighted by Crippen LogP contribution is 2.25. The molecule has 2 atom stereocenters. The smallest absolute Gasteiger partial charge is 0.272 e. The van der Waals surface area contributed by atoms with Crippen molar-refractivity contribution >= 4 is 5.91 Å². The molecule has 6 heteroatoms. The zero-order valence-corrected chi connectivity index (χ0v) is 11.9. The van der Waals surface area contributed by atoms with Crippen LogP contribution in [-0.2, 0) is 7.05 Å². The van der Waals surface area contributed by atoms with Gasteiger partial charge in [-0.1, -0.05) is 0 Å². The predicted molar refractivity (Wildman–Crippen MR) is 74.3 cm³/mol. The summed E-state index contributed by atoms with van der Waals surface area (Å²) in [6.45, 7) is 3.16. The van der Waals surface area contributed by atoms with E-state index in [9.17, 15) is 9.90 Å². The van der Waals surface area contributed by atoms with Crippen LogP contribution >= 0.6 is 0 Å². The number of aromatic nitrogens is 2. The van der Waals surface area contributed by atoms with Gasteiger partial charge in [0.2, 0.25) is 0 Å². The first kappa shape index (κ1) is 13.6. The minimum absolute atomic E-state index is 0.0524. The molecule has 1 aliphatic heterocycles. The lowest BCUT2D eigenvalue weighted by Gasteiger charge is -2.39. The summed E-state index contributed by atoms with van der Waals surface area (Å²) >= 11 is 0. The molecule has 0 spiro atoms. The number of piperazine rings is 1. The maximum atomic E-state index is 12.4. The third-order valence-electron chi connectivity index (χ3n) is 4.55. The number of aryl methyl sites for hydroxylation is 1. The van der Waals surface area contributed by atoms with Gasteiger partial charge in [0.05, 0.1) is 6.10 Å². The maximum absolute atomic E-state index is 12.4. The zero-order chi connectivity index (χ0) is 14.1. The molecule has 1 N–H and O–H groups in total. The monoisotopic (exact) mass is 278 g/mol. The summed E-state index contributed by atoms with van der Waals surface area (Å²) in [4.78, 5) is 16.6. The van der Waals surface area contributed by atoms with E-state index in [1.807, 2.05) is 4.90 Å². The fraction of sp³-hybridized carbons (Fsp3) is 0.714. The van der Waals surface area contributed by atoms with Crippen LogP contribution in [0.25, 0.3) is 0 Å². The molecule has 0 bridgehead atoms. The molecule has 2 aliphatic rings. The Hall–Kier alpha value is -1.40. The summed E-state index contributed by atoms with van der Waals surface area (Å²) in [6, 6.07) is 2.05. The van der Waals surface area contributed by atoms with Crippen LogP contribution in [-0.4, -0.2) is 68.9 Å². The molecule has 2 unspecified atom stereocenters. The molecule has 2 fully saturated rings.